The molecule has 0 fully saturated rings. The van der Waals surface area contributed by atoms with Crippen LogP contribution in [-0.2, 0) is 26.5 Å². The van der Waals surface area contributed by atoms with Gasteiger partial charge in [0.25, 0.3) is 10.0 Å². The second-order valence-corrected chi connectivity index (χ2v) is 10.7. The molecule has 0 radical (unpaired) electrons. The Labute approximate surface area is 160 Å². The maximum Gasteiger partial charge on any atom is 0.264 e. The largest absolute Gasteiger partial charge is 0.283 e. The number of alkyl halides is 1. The molecule has 0 atom stereocenters. The quantitative estimate of drug-likeness (QED) is 0.691. The number of halogens is 2. The zero-order valence-electron chi connectivity index (χ0n) is 13.5. The Morgan fingerprint density at radius 3 is 2.42 bits per heavy atom. The van der Waals surface area contributed by atoms with Crippen molar-refractivity contribution in [3.8, 4) is 0 Å². The minimum absolute atomic E-state index is 0.0100. The molecular formula is C16H16BrFN2O4S2. The standard InChI is InChI=1S/C16H16BrFN2O4S2/c17-11-25(21,22)19-14-5-8-16-12(10-14)2-1-9-20(16)26(23,24)15-6-3-13(18)4-7-15/h3-8,10,19H,1-2,9,11H2. The molecule has 0 saturated heterocycles. The summed E-state index contributed by atoms with van der Waals surface area (Å²) in [5.41, 5.74) is 1.61. The second-order valence-electron chi connectivity index (χ2n) is 5.80. The van der Waals surface area contributed by atoms with Crippen molar-refractivity contribution in [2.24, 2.45) is 0 Å². The van der Waals surface area contributed by atoms with E-state index in [0.717, 1.165) is 17.7 Å². The molecule has 3 rings (SSSR count). The molecule has 1 aliphatic rings. The van der Waals surface area contributed by atoms with Crippen molar-refractivity contribution >= 4 is 47.4 Å². The molecule has 140 valence electrons. The number of rotatable bonds is 5. The Hall–Kier alpha value is -1.65. The number of hydrogen-bond acceptors (Lipinski definition) is 4. The van der Waals surface area contributed by atoms with Gasteiger partial charge in [-0.1, -0.05) is 15.9 Å². The van der Waals surface area contributed by atoms with Crippen molar-refractivity contribution < 1.29 is 21.2 Å². The number of nitrogens with one attached hydrogen (secondary N) is 1. The molecule has 2 aromatic carbocycles. The van der Waals surface area contributed by atoms with Crippen LogP contribution >= 0.6 is 15.9 Å². The Bertz CT molecular complexity index is 1020. The fraction of sp³-hybridized carbons (Fsp3) is 0.250. The number of fused-ring (bicyclic) bond motifs is 1. The minimum Gasteiger partial charge on any atom is -0.283 e. The predicted molar refractivity (Wildman–Crippen MR) is 102 cm³/mol. The Balaban J connectivity index is 1.97. The molecule has 0 bridgehead atoms. The molecule has 1 aliphatic heterocycles. The minimum atomic E-state index is -3.82. The van der Waals surface area contributed by atoms with Crippen LogP contribution in [0.2, 0.25) is 0 Å². The molecule has 10 heteroatoms. The zero-order valence-corrected chi connectivity index (χ0v) is 16.7. The maximum atomic E-state index is 13.1. The first-order valence-electron chi connectivity index (χ1n) is 7.71. The first-order chi connectivity index (χ1) is 12.2. The van der Waals surface area contributed by atoms with Crippen molar-refractivity contribution in [3.63, 3.8) is 0 Å². The number of aryl methyl sites for hydroxylation is 1. The van der Waals surface area contributed by atoms with E-state index in [4.69, 9.17) is 0 Å². The normalized spacial score (nSPS) is 14.8. The van der Waals surface area contributed by atoms with Gasteiger partial charge in [-0.2, -0.15) is 0 Å². The summed E-state index contributed by atoms with van der Waals surface area (Å²) < 4.78 is 65.7. The Kier molecular flexibility index (Phi) is 5.27. The SMILES string of the molecule is O=S(=O)(CBr)Nc1ccc2c(c1)CCCN2S(=O)(=O)c1ccc(F)cc1. The smallest absolute Gasteiger partial charge is 0.264 e. The van der Waals surface area contributed by atoms with E-state index < -0.39 is 25.9 Å². The molecule has 6 nitrogen and oxygen atoms in total. The van der Waals surface area contributed by atoms with Crippen LogP contribution in [0.25, 0.3) is 0 Å². The van der Waals surface area contributed by atoms with E-state index >= 15 is 0 Å². The van der Waals surface area contributed by atoms with Crippen LogP contribution in [0.15, 0.2) is 47.4 Å². The van der Waals surface area contributed by atoms with E-state index in [0.29, 0.717) is 30.8 Å². The summed E-state index contributed by atoms with van der Waals surface area (Å²) in [4.78, 5) is 0.0100. The molecule has 0 aromatic heterocycles. The summed E-state index contributed by atoms with van der Waals surface area (Å²) in [5, 5.41) is 0. The van der Waals surface area contributed by atoms with Crippen LogP contribution in [0.3, 0.4) is 0 Å². The molecule has 0 aliphatic carbocycles. The number of anilines is 2. The van der Waals surface area contributed by atoms with Gasteiger partial charge in [-0.3, -0.25) is 9.03 Å². The third kappa shape index (κ3) is 3.86. The lowest BCUT2D eigenvalue weighted by Crippen LogP contribution is -2.35. The molecule has 0 unspecified atom stereocenters. The summed E-state index contributed by atoms with van der Waals surface area (Å²) in [5.74, 6) is -0.508. The van der Waals surface area contributed by atoms with Crippen molar-refractivity contribution in [2.45, 2.75) is 17.7 Å². The topological polar surface area (TPSA) is 83.6 Å². The van der Waals surface area contributed by atoms with Crippen LogP contribution in [0.4, 0.5) is 15.8 Å². The van der Waals surface area contributed by atoms with E-state index in [1.165, 1.54) is 22.5 Å². The van der Waals surface area contributed by atoms with E-state index in [1.54, 1.807) is 12.1 Å². The lowest BCUT2D eigenvalue weighted by molar-refractivity contribution is 0.585. The van der Waals surface area contributed by atoms with Crippen molar-refractivity contribution in [2.75, 3.05) is 20.2 Å². The van der Waals surface area contributed by atoms with Crippen molar-refractivity contribution in [1.82, 2.24) is 0 Å². The third-order valence-electron chi connectivity index (χ3n) is 3.97. The van der Waals surface area contributed by atoms with Crippen LogP contribution in [0.1, 0.15) is 12.0 Å². The molecule has 0 spiro atoms. The number of nitrogens with zero attached hydrogens (tertiary/aromatic N) is 1. The van der Waals surface area contributed by atoms with Crippen LogP contribution in [-0.4, -0.2) is 28.0 Å². The van der Waals surface area contributed by atoms with E-state index in [-0.39, 0.29) is 9.56 Å². The van der Waals surface area contributed by atoms with Gasteiger partial charge in [0, 0.05) is 12.2 Å². The van der Waals surface area contributed by atoms with E-state index in [1.807, 2.05) is 0 Å². The van der Waals surface area contributed by atoms with Gasteiger partial charge in [-0.25, -0.2) is 21.2 Å². The molecule has 2 aromatic rings. The van der Waals surface area contributed by atoms with E-state index in [2.05, 4.69) is 20.7 Å². The summed E-state index contributed by atoms with van der Waals surface area (Å²) >= 11 is 2.91. The highest BCUT2D eigenvalue weighted by atomic mass is 79.9. The number of hydrogen-bond donors (Lipinski definition) is 1. The molecule has 1 heterocycles. The predicted octanol–water partition coefficient (Wildman–Crippen LogP) is 3.06. The van der Waals surface area contributed by atoms with Crippen LogP contribution < -0.4 is 9.03 Å². The third-order valence-corrected chi connectivity index (χ3v) is 8.44. The second kappa shape index (κ2) is 7.16. The highest BCUT2D eigenvalue weighted by Crippen LogP contribution is 2.34. The van der Waals surface area contributed by atoms with Gasteiger partial charge < -0.3 is 0 Å². The Morgan fingerprint density at radius 1 is 1.08 bits per heavy atom. The number of sulfonamides is 2. The first-order valence-corrected chi connectivity index (χ1v) is 11.9. The summed E-state index contributed by atoms with van der Waals surface area (Å²) in [6.07, 6.45) is 1.23. The van der Waals surface area contributed by atoms with Crippen molar-refractivity contribution in [1.29, 1.82) is 0 Å². The summed E-state index contributed by atoms with van der Waals surface area (Å²) in [7, 11) is -7.31. The highest BCUT2D eigenvalue weighted by molar-refractivity contribution is 9.10. The van der Waals surface area contributed by atoms with Crippen molar-refractivity contribution in [3.05, 3.63) is 53.8 Å². The highest BCUT2D eigenvalue weighted by Gasteiger charge is 2.29. The maximum absolute atomic E-state index is 13.1. The van der Waals surface area contributed by atoms with Gasteiger partial charge in [-0.05, 0) is 60.9 Å². The zero-order chi connectivity index (χ0) is 18.9. The fourth-order valence-corrected chi connectivity index (χ4v) is 5.24. The molecule has 0 amide bonds. The van der Waals surface area contributed by atoms with Gasteiger partial charge in [-0.15, -0.1) is 0 Å². The lowest BCUT2D eigenvalue weighted by atomic mass is 10.0. The molecular weight excluding hydrogens is 447 g/mol. The average Bonchev–Trinajstić information content (AvgIpc) is 2.61. The molecule has 26 heavy (non-hydrogen) atoms. The van der Waals surface area contributed by atoms with Gasteiger partial charge in [0.2, 0.25) is 10.0 Å². The first kappa shape index (κ1) is 19.1. The van der Waals surface area contributed by atoms with Crippen LogP contribution in [0, 0.1) is 5.82 Å². The Morgan fingerprint density at radius 2 is 1.77 bits per heavy atom. The van der Waals surface area contributed by atoms with Gasteiger partial charge in [0.05, 0.1) is 10.6 Å². The monoisotopic (exact) mass is 462 g/mol. The summed E-state index contributed by atoms with van der Waals surface area (Å²) in [6, 6.07) is 9.43. The van der Waals surface area contributed by atoms with Gasteiger partial charge in [0.15, 0.2) is 0 Å². The number of benzene rings is 2. The molecule has 1 N–H and O–H groups in total. The molecule has 0 saturated carbocycles. The summed E-state index contributed by atoms with van der Waals surface area (Å²) in [6.45, 7) is 0.305. The van der Waals surface area contributed by atoms with Gasteiger partial charge in [0.1, 0.15) is 10.5 Å². The fourth-order valence-electron chi connectivity index (χ4n) is 2.82. The average molecular weight is 463 g/mol. The van der Waals surface area contributed by atoms with E-state index in [9.17, 15) is 21.2 Å². The lowest BCUT2D eigenvalue weighted by Gasteiger charge is -2.31. The van der Waals surface area contributed by atoms with Gasteiger partial charge >= 0.3 is 0 Å². The van der Waals surface area contributed by atoms with Crippen LogP contribution in [0.5, 0.6) is 0 Å².